The average molecular weight is 376 g/mol. The van der Waals surface area contributed by atoms with Crippen LogP contribution in [-0.2, 0) is 26.3 Å². The van der Waals surface area contributed by atoms with Gasteiger partial charge < -0.3 is 5.11 Å². The minimum atomic E-state index is -0.607. The van der Waals surface area contributed by atoms with Crippen molar-refractivity contribution >= 4 is 27.5 Å². The number of halogens is 3. The summed E-state index contributed by atoms with van der Waals surface area (Å²) in [7, 11) is 1.86. The number of hydrogen-bond donors (Lipinski definition) is 1. The van der Waals surface area contributed by atoms with E-state index in [0.717, 1.165) is 27.8 Å². The van der Waals surface area contributed by atoms with Gasteiger partial charge in [0.25, 0.3) is 0 Å². The van der Waals surface area contributed by atoms with Crippen LogP contribution in [0.5, 0.6) is 0 Å². The molecule has 0 saturated heterocycles. The van der Waals surface area contributed by atoms with Gasteiger partial charge in [0.15, 0.2) is 0 Å². The molecule has 2 aromatic rings. The SMILES string of the molecule is CCc1nn(C)c(CC(O)Cc2ccc(F)cc2Cl)c1Br. The van der Waals surface area contributed by atoms with Gasteiger partial charge in [0, 0.05) is 24.9 Å². The van der Waals surface area contributed by atoms with Gasteiger partial charge in [-0.2, -0.15) is 5.10 Å². The van der Waals surface area contributed by atoms with Crippen LogP contribution in [0.25, 0.3) is 0 Å². The van der Waals surface area contributed by atoms with E-state index in [-0.39, 0.29) is 5.82 Å². The third-order valence-electron chi connectivity index (χ3n) is 3.40. The van der Waals surface area contributed by atoms with Crippen molar-refractivity contribution in [1.29, 1.82) is 0 Å². The smallest absolute Gasteiger partial charge is 0.124 e. The topological polar surface area (TPSA) is 38.0 Å². The molecule has 0 saturated carbocycles. The van der Waals surface area contributed by atoms with E-state index < -0.39 is 6.10 Å². The molecule has 1 aromatic heterocycles. The number of nitrogens with zero attached hydrogens (tertiary/aromatic N) is 2. The van der Waals surface area contributed by atoms with E-state index in [0.29, 0.717) is 17.9 Å². The zero-order valence-corrected chi connectivity index (χ0v) is 14.2. The summed E-state index contributed by atoms with van der Waals surface area (Å²) in [5, 5.41) is 15.0. The molecule has 1 N–H and O–H groups in total. The quantitative estimate of drug-likeness (QED) is 0.865. The standard InChI is InChI=1S/C15H17BrClFN2O/c1-3-13-15(16)14(20(2)19-13)8-11(21)6-9-4-5-10(18)7-12(9)17/h4-5,7,11,21H,3,6,8H2,1-2H3. The Morgan fingerprint density at radius 1 is 1.43 bits per heavy atom. The van der Waals surface area contributed by atoms with Gasteiger partial charge in [-0.25, -0.2) is 4.39 Å². The van der Waals surface area contributed by atoms with Gasteiger partial charge in [-0.05, 0) is 40.0 Å². The highest BCUT2D eigenvalue weighted by Gasteiger charge is 2.17. The Labute approximate surface area is 136 Å². The van der Waals surface area contributed by atoms with Gasteiger partial charge in [0.1, 0.15) is 5.82 Å². The molecule has 1 atom stereocenters. The van der Waals surface area contributed by atoms with Gasteiger partial charge in [0.2, 0.25) is 0 Å². The van der Waals surface area contributed by atoms with Gasteiger partial charge >= 0.3 is 0 Å². The number of aliphatic hydroxyl groups is 1. The van der Waals surface area contributed by atoms with Crippen LogP contribution in [0.3, 0.4) is 0 Å². The lowest BCUT2D eigenvalue weighted by Crippen LogP contribution is -2.16. The Kier molecular flexibility index (Phi) is 5.41. The van der Waals surface area contributed by atoms with Crippen LogP contribution in [0.2, 0.25) is 5.02 Å². The van der Waals surface area contributed by atoms with E-state index in [1.54, 1.807) is 10.7 Å². The second-order valence-electron chi connectivity index (χ2n) is 4.98. The molecule has 1 unspecified atom stereocenters. The highest BCUT2D eigenvalue weighted by Crippen LogP contribution is 2.24. The number of aromatic nitrogens is 2. The second kappa shape index (κ2) is 6.90. The Hall–Kier alpha value is -0.910. The molecule has 0 aliphatic rings. The summed E-state index contributed by atoms with van der Waals surface area (Å²) in [6.07, 6.45) is 1.05. The predicted molar refractivity (Wildman–Crippen MR) is 85.1 cm³/mol. The van der Waals surface area contributed by atoms with Gasteiger partial charge in [0.05, 0.1) is 22.0 Å². The Morgan fingerprint density at radius 3 is 2.71 bits per heavy atom. The summed E-state index contributed by atoms with van der Waals surface area (Å²) in [5.41, 5.74) is 2.65. The van der Waals surface area contributed by atoms with E-state index in [1.807, 2.05) is 14.0 Å². The van der Waals surface area contributed by atoms with Crippen molar-refractivity contribution in [1.82, 2.24) is 9.78 Å². The summed E-state index contributed by atoms with van der Waals surface area (Å²) in [4.78, 5) is 0. The molecule has 3 nitrogen and oxygen atoms in total. The van der Waals surface area contributed by atoms with Crippen LogP contribution >= 0.6 is 27.5 Å². The molecule has 1 aromatic carbocycles. The molecule has 0 amide bonds. The van der Waals surface area contributed by atoms with Crippen molar-refractivity contribution in [3.8, 4) is 0 Å². The van der Waals surface area contributed by atoms with Gasteiger partial charge in [-0.15, -0.1) is 0 Å². The van der Waals surface area contributed by atoms with E-state index in [4.69, 9.17) is 11.6 Å². The Morgan fingerprint density at radius 2 is 2.14 bits per heavy atom. The molecule has 0 bridgehead atoms. The monoisotopic (exact) mass is 374 g/mol. The van der Waals surface area contributed by atoms with Crippen molar-refractivity contribution in [3.63, 3.8) is 0 Å². The maximum atomic E-state index is 13.0. The van der Waals surface area contributed by atoms with Gasteiger partial charge in [-0.1, -0.05) is 24.6 Å². The zero-order chi connectivity index (χ0) is 15.6. The average Bonchev–Trinajstić information content (AvgIpc) is 2.69. The molecular formula is C15H17BrClFN2O. The minimum absolute atomic E-state index is 0.340. The molecule has 6 heteroatoms. The van der Waals surface area contributed by atoms with Crippen molar-refractivity contribution in [2.24, 2.45) is 7.05 Å². The molecule has 0 aliphatic carbocycles. The van der Waals surface area contributed by atoms with E-state index >= 15 is 0 Å². The number of benzene rings is 1. The summed E-state index contributed by atoms with van der Waals surface area (Å²) < 4.78 is 15.7. The lowest BCUT2D eigenvalue weighted by Gasteiger charge is -2.12. The first-order chi connectivity index (χ1) is 9.92. The van der Waals surface area contributed by atoms with E-state index in [1.165, 1.54) is 12.1 Å². The van der Waals surface area contributed by atoms with E-state index in [2.05, 4.69) is 21.0 Å². The largest absolute Gasteiger partial charge is 0.392 e. The molecule has 0 aliphatic heterocycles. The lowest BCUT2D eigenvalue weighted by molar-refractivity contribution is 0.172. The van der Waals surface area contributed by atoms with Crippen LogP contribution in [0.1, 0.15) is 23.9 Å². The zero-order valence-electron chi connectivity index (χ0n) is 11.9. The summed E-state index contributed by atoms with van der Waals surface area (Å²) in [5.74, 6) is -0.375. The maximum Gasteiger partial charge on any atom is 0.124 e. The molecular weight excluding hydrogens is 359 g/mol. The van der Waals surface area contributed by atoms with Crippen LogP contribution in [0.4, 0.5) is 4.39 Å². The highest BCUT2D eigenvalue weighted by molar-refractivity contribution is 9.10. The summed E-state index contributed by atoms with van der Waals surface area (Å²) >= 11 is 9.52. The number of hydrogen-bond acceptors (Lipinski definition) is 2. The second-order valence-corrected chi connectivity index (χ2v) is 6.18. The third kappa shape index (κ3) is 3.84. The first-order valence-electron chi connectivity index (χ1n) is 6.74. The van der Waals surface area contributed by atoms with Crippen molar-refractivity contribution in [3.05, 3.63) is 50.5 Å². The molecule has 2 rings (SSSR count). The number of aliphatic hydroxyl groups excluding tert-OH is 1. The lowest BCUT2D eigenvalue weighted by atomic mass is 10.0. The van der Waals surface area contributed by atoms with Crippen LogP contribution in [-0.4, -0.2) is 21.0 Å². The minimum Gasteiger partial charge on any atom is -0.392 e. The summed E-state index contributed by atoms with van der Waals surface area (Å²) in [6, 6.07) is 4.22. The molecule has 21 heavy (non-hydrogen) atoms. The maximum absolute atomic E-state index is 13.0. The number of rotatable bonds is 5. The fourth-order valence-electron chi connectivity index (χ4n) is 2.28. The molecule has 0 fully saturated rings. The van der Waals surface area contributed by atoms with Crippen molar-refractivity contribution < 1.29 is 9.50 Å². The Bertz CT molecular complexity index is 645. The first kappa shape index (κ1) is 16.5. The summed E-state index contributed by atoms with van der Waals surface area (Å²) in [6.45, 7) is 2.03. The molecule has 0 spiro atoms. The van der Waals surface area contributed by atoms with Gasteiger partial charge in [-0.3, -0.25) is 4.68 Å². The third-order valence-corrected chi connectivity index (χ3v) is 4.67. The first-order valence-corrected chi connectivity index (χ1v) is 7.91. The molecule has 1 heterocycles. The Balaban J connectivity index is 2.11. The van der Waals surface area contributed by atoms with Crippen LogP contribution < -0.4 is 0 Å². The fraction of sp³-hybridized carbons (Fsp3) is 0.400. The molecule has 114 valence electrons. The highest BCUT2D eigenvalue weighted by atomic mass is 79.9. The predicted octanol–water partition coefficient (Wildman–Crippen LogP) is 3.68. The normalized spacial score (nSPS) is 12.7. The fourth-order valence-corrected chi connectivity index (χ4v) is 3.30. The van der Waals surface area contributed by atoms with Crippen LogP contribution in [0, 0.1) is 5.82 Å². The molecule has 0 radical (unpaired) electrons. The number of aryl methyl sites for hydroxylation is 2. The van der Waals surface area contributed by atoms with Crippen LogP contribution in [0.15, 0.2) is 22.7 Å². The van der Waals surface area contributed by atoms with Crippen molar-refractivity contribution in [2.75, 3.05) is 0 Å². The van der Waals surface area contributed by atoms with Crippen molar-refractivity contribution in [2.45, 2.75) is 32.3 Å². The van der Waals surface area contributed by atoms with E-state index in [9.17, 15) is 9.50 Å².